The van der Waals surface area contributed by atoms with Crippen LogP contribution in [0.3, 0.4) is 0 Å². The Labute approximate surface area is 388 Å². The molecule has 1 saturated heterocycles. The highest BCUT2D eigenvalue weighted by Gasteiger charge is 2.35. The molecule has 20 heteroatoms. The van der Waals surface area contributed by atoms with Gasteiger partial charge in [0.25, 0.3) is 0 Å². The number of para-hydroxylation sites is 1. The number of amides is 6. The standard InChI is InChI=1S/C47H62N12O8/c1-2-9-42(63)56-35-15-16-41(62)52-19-17-30(44(65)58-37(43(48)64)21-31-25-54-34-14-7-6-13-33(31)34)23-39(60)29(12-8-18-53-47(49)50)22-40(61)36(20-28-10-4-3-5-11-28)57-46(67)38(59-45(35)66)24-32-26-51-27-55-32/h3-7,10-11,13-14,25-27,29-30,35-38,54H,2,8-9,12,15-24H2,1H3,(H2,48,64)(H,51,55)(H,52,62)(H,56,63)(H,57,67)(H,58,65)(H,59,66)(H4,49,50,53)/t29-,30-,35+,36-,37+,38+/m1/s1. The molecule has 0 saturated carbocycles. The summed E-state index contributed by atoms with van der Waals surface area (Å²) >= 11 is 0. The summed E-state index contributed by atoms with van der Waals surface area (Å²) in [5.74, 6) is -7.07. The van der Waals surface area contributed by atoms with E-state index in [0.29, 0.717) is 17.7 Å². The molecule has 0 radical (unpaired) electrons. The summed E-state index contributed by atoms with van der Waals surface area (Å²) in [6.07, 6.45) is 4.44. The van der Waals surface area contributed by atoms with E-state index in [2.05, 4.69) is 46.5 Å². The quantitative estimate of drug-likeness (QED) is 0.0423. The summed E-state index contributed by atoms with van der Waals surface area (Å²) in [6, 6.07) is 11.5. The third kappa shape index (κ3) is 15.9. The maximum Gasteiger partial charge on any atom is 0.243 e. The SMILES string of the molecule is CCCC(=O)N[C@H]1CCC(=O)NCC[C@@H](C(=O)N[C@@H](Cc2c[nH]c3ccccc23)C(N)=O)CC(=O)[C@H](CCCN=C(N)N)CC(=O)[C@@H](Cc2ccccc2)NC(=O)[C@H](Cc2cnc[nH]2)NC1=O. The Hall–Kier alpha value is -7.38. The summed E-state index contributed by atoms with van der Waals surface area (Å²) in [7, 11) is 0. The minimum Gasteiger partial charge on any atom is -0.370 e. The second kappa shape index (κ2) is 25.4. The van der Waals surface area contributed by atoms with Gasteiger partial charge in [-0.1, -0.05) is 55.5 Å². The number of nitrogens with zero attached hydrogens (tertiary/aromatic N) is 2. The second-order valence-corrected chi connectivity index (χ2v) is 16.9. The molecular formula is C47H62N12O8. The van der Waals surface area contributed by atoms with Gasteiger partial charge >= 0.3 is 0 Å². The topological polar surface area (TPSA) is 332 Å². The van der Waals surface area contributed by atoms with Crippen LogP contribution >= 0.6 is 0 Å². The van der Waals surface area contributed by atoms with Gasteiger partial charge in [0, 0.05) is 92.4 Å². The molecule has 5 rings (SSSR count). The van der Waals surface area contributed by atoms with Crippen molar-refractivity contribution >= 4 is 63.9 Å². The van der Waals surface area contributed by atoms with Gasteiger partial charge < -0.3 is 53.8 Å². The Balaban J connectivity index is 1.49. The first kappa shape index (κ1) is 50.6. The number of primary amides is 1. The molecule has 1 aliphatic heterocycles. The minimum atomic E-state index is -1.28. The molecule has 20 nitrogen and oxygen atoms in total. The van der Waals surface area contributed by atoms with E-state index >= 15 is 0 Å². The average molecular weight is 923 g/mol. The normalized spacial score (nSPS) is 20.8. The van der Waals surface area contributed by atoms with Crippen LogP contribution in [0.25, 0.3) is 10.9 Å². The van der Waals surface area contributed by atoms with Crippen LogP contribution in [0.1, 0.15) is 81.5 Å². The molecule has 1 aliphatic rings. The number of fused-ring (bicyclic) bond motifs is 1. The molecule has 4 aromatic rings. The van der Waals surface area contributed by atoms with Crippen molar-refractivity contribution in [2.24, 2.45) is 34.0 Å². The van der Waals surface area contributed by atoms with E-state index in [1.54, 1.807) is 43.5 Å². The number of imidazole rings is 1. The number of rotatable bonds is 16. The van der Waals surface area contributed by atoms with E-state index in [-0.39, 0.29) is 89.7 Å². The van der Waals surface area contributed by atoms with E-state index in [1.807, 2.05) is 24.3 Å². The molecule has 2 aromatic heterocycles. The predicted octanol–water partition coefficient (Wildman–Crippen LogP) is 0.648. The molecule has 6 amide bonds. The molecule has 0 bridgehead atoms. The first-order valence-electron chi connectivity index (χ1n) is 22.6. The number of aliphatic imine (C=N–C) groups is 1. The maximum atomic E-state index is 14.6. The van der Waals surface area contributed by atoms with Gasteiger partial charge in [0.15, 0.2) is 11.7 Å². The van der Waals surface area contributed by atoms with Gasteiger partial charge in [-0.3, -0.25) is 43.3 Å². The molecule has 0 unspecified atom stereocenters. The first-order valence-corrected chi connectivity index (χ1v) is 22.6. The van der Waals surface area contributed by atoms with Crippen molar-refractivity contribution in [3.8, 4) is 0 Å². The number of guanidine groups is 1. The van der Waals surface area contributed by atoms with Crippen LogP contribution in [0.4, 0.5) is 0 Å². The lowest BCUT2D eigenvalue weighted by Gasteiger charge is -2.26. The molecule has 0 aliphatic carbocycles. The number of benzene rings is 2. The van der Waals surface area contributed by atoms with Crippen LogP contribution in [0.5, 0.6) is 0 Å². The Morgan fingerprint density at radius 1 is 0.866 bits per heavy atom. The number of nitrogens with one attached hydrogen (secondary N) is 7. The maximum absolute atomic E-state index is 14.6. The second-order valence-electron chi connectivity index (χ2n) is 16.9. The molecule has 1 fully saturated rings. The third-order valence-corrected chi connectivity index (χ3v) is 11.7. The van der Waals surface area contributed by atoms with Gasteiger partial charge in [-0.2, -0.15) is 0 Å². The number of ketones is 2. The lowest BCUT2D eigenvalue weighted by Crippen LogP contribution is -2.57. The summed E-state index contributed by atoms with van der Waals surface area (Å²) in [5, 5.41) is 14.6. The number of hydrogen-bond donors (Lipinski definition) is 10. The summed E-state index contributed by atoms with van der Waals surface area (Å²) in [5.41, 5.74) is 19.7. The lowest BCUT2D eigenvalue weighted by molar-refractivity contribution is -0.135. The number of aromatic nitrogens is 3. The van der Waals surface area contributed by atoms with Crippen LogP contribution in [0, 0.1) is 11.8 Å². The van der Waals surface area contributed by atoms with Gasteiger partial charge in [-0.05, 0) is 55.7 Å². The molecule has 3 heterocycles. The highest BCUT2D eigenvalue weighted by atomic mass is 16.2. The summed E-state index contributed by atoms with van der Waals surface area (Å²) < 4.78 is 0. The Morgan fingerprint density at radius 2 is 1.61 bits per heavy atom. The molecule has 6 atom stereocenters. The number of aromatic amines is 2. The highest BCUT2D eigenvalue weighted by Crippen LogP contribution is 2.24. The van der Waals surface area contributed by atoms with Crippen LogP contribution < -0.4 is 43.8 Å². The lowest BCUT2D eigenvalue weighted by atomic mass is 9.84. The van der Waals surface area contributed by atoms with Gasteiger partial charge in [0.05, 0.1) is 12.4 Å². The number of hydrogen-bond acceptors (Lipinski definition) is 10. The van der Waals surface area contributed by atoms with Crippen LogP contribution in [0.2, 0.25) is 0 Å². The number of carbonyl (C=O) groups excluding carboxylic acids is 8. The predicted molar refractivity (Wildman–Crippen MR) is 249 cm³/mol. The first-order chi connectivity index (χ1) is 32.2. The van der Waals surface area contributed by atoms with Crippen LogP contribution in [0.15, 0.2) is 78.3 Å². The average Bonchev–Trinajstić information content (AvgIpc) is 3.97. The zero-order chi connectivity index (χ0) is 48.3. The van der Waals surface area contributed by atoms with Gasteiger partial charge in [0.2, 0.25) is 35.4 Å². The van der Waals surface area contributed by atoms with E-state index in [1.165, 1.54) is 12.5 Å². The van der Waals surface area contributed by atoms with Crippen molar-refractivity contribution in [1.82, 2.24) is 41.5 Å². The molecule has 0 spiro atoms. The molecule has 2 aromatic carbocycles. The Kier molecular flexibility index (Phi) is 19.2. The fraction of sp³-hybridized carbons (Fsp3) is 0.447. The zero-order valence-electron chi connectivity index (χ0n) is 37.7. The smallest absolute Gasteiger partial charge is 0.243 e. The number of Topliss-reactive ketones (excluding diaryl/α,β-unsaturated/α-hetero) is 2. The van der Waals surface area contributed by atoms with Crippen molar-refractivity contribution in [3.05, 3.63) is 90.1 Å². The fourth-order valence-corrected chi connectivity index (χ4v) is 8.05. The van der Waals surface area contributed by atoms with Crippen molar-refractivity contribution in [2.75, 3.05) is 13.1 Å². The van der Waals surface area contributed by atoms with Crippen molar-refractivity contribution < 1.29 is 38.4 Å². The summed E-state index contributed by atoms with van der Waals surface area (Å²) in [6.45, 7) is 1.85. The van der Waals surface area contributed by atoms with E-state index < -0.39 is 83.0 Å². The number of carbonyl (C=O) groups is 8. The van der Waals surface area contributed by atoms with E-state index in [0.717, 1.165) is 16.5 Å². The van der Waals surface area contributed by atoms with Crippen molar-refractivity contribution in [2.45, 2.75) is 108 Å². The van der Waals surface area contributed by atoms with Crippen molar-refractivity contribution in [1.29, 1.82) is 0 Å². The largest absolute Gasteiger partial charge is 0.370 e. The van der Waals surface area contributed by atoms with E-state index in [9.17, 15) is 38.4 Å². The van der Waals surface area contributed by atoms with Crippen LogP contribution in [-0.4, -0.2) is 105 Å². The summed E-state index contributed by atoms with van der Waals surface area (Å²) in [4.78, 5) is 125. The highest BCUT2D eigenvalue weighted by molar-refractivity contribution is 5.97. The molecule has 358 valence electrons. The zero-order valence-corrected chi connectivity index (χ0v) is 37.7. The molecular weight excluding hydrogens is 861 g/mol. The number of nitrogens with two attached hydrogens (primary N) is 3. The van der Waals surface area contributed by atoms with Crippen LogP contribution in [-0.2, 0) is 57.6 Å². The van der Waals surface area contributed by atoms with Crippen molar-refractivity contribution in [3.63, 3.8) is 0 Å². The van der Waals surface area contributed by atoms with Gasteiger partial charge in [-0.15, -0.1) is 0 Å². The third-order valence-electron chi connectivity index (χ3n) is 11.7. The Bertz CT molecular complexity index is 2360. The Morgan fingerprint density at radius 3 is 2.33 bits per heavy atom. The fourth-order valence-electron chi connectivity index (χ4n) is 8.05. The van der Waals surface area contributed by atoms with Gasteiger partial charge in [0.1, 0.15) is 23.9 Å². The molecule has 13 N–H and O–H groups in total. The minimum absolute atomic E-state index is 0.0322. The number of H-pyrrole nitrogens is 2. The monoisotopic (exact) mass is 922 g/mol. The molecule has 67 heavy (non-hydrogen) atoms. The van der Waals surface area contributed by atoms with E-state index in [4.69, 9.17) is 17.2 Å². The van der Waals surface area contributed by atoms with Gasteiger partial charge in [-0.25, -0.2) is 4.98 Å².